The number of carbonyl (C=O) groups is 1. The Morgan fingerprint density at radius 1 is 1.15 bits per heavy atom. The minimum atomic E-state index is -3.32. The van der Waals surface area contributed by atoms with Gasteiger partial charge in [0.2, 0.25) is 0 Å². The second-order valence-corrected chi connectivity index (χ2v) is 8.00. The highest BCUT2D eigenvalue weighted by Gasteiger charge is 2.31. The van der Waals surface area contributed by atoms with Crippen LogP contribution in [0.15, 0.2) is 60.0 Å². The van der Waals surface area contributed by atoms with Crippen LogP contribution in [0.1, 0.15) is 5.56 Å². The average molecular weight is 375 g/mol. The number of nitrogens with zero attached hydrogens (tertiary/aromatic N) is 1. The number of ether oxygens (including phenoxy) is 1. The van der Waals surface area contributed by atoms with Crippen LogP contribution in [-0.4, -0.2) is 32.7 Å². The van der Waals surface area contributed by atoms with Crippen molar-refractivity contribution in [2.75, 3.05) is 17.3 Å². The Balaban J connectivity index is 1.80. The van der Waals surface area contributed by atoms with Crippen molar-refractivity contribution in [2.45, 2.75) is 13.0 Å². The summed E-state index contributed by atoms with van der Waals surface area (Å²) < 4.78 is 41.9. The molecule has 0 radical (unpaired) electrons. The van der Waals surface area contributed by atoms with E-state index in [1.54, 1.807) is 12.1 Å². The minimum absolute atomic E-state index is 0.164. The third-order valence-corrected chi connectivity index (χ3v) is 5.38. The summed E-state index contributed by atoms with van der Waals surface area (Å²) in [6.07, 6.45) is 1.50. The third kappa shape index (κ3) is 4.29. The first-order chi connectivity index (χ1) is 12.3. The van der Waals surface area contributed by atoms with E-state index >= 15 is 0 Å². The molecular formula is C19H18FNO4S. The van der Waals surface area contributed by atoms with Crippen molar-refractivity contribution in [3.05, 3.63) is 71.4 Å². The van der Waals surface area contributed by atoms with Crippen LogP contribution < -0.4 is 9.64 Å². The summed E-state index contributed by atoms with van der Waals surface area (Å²) in [6, 6.07) is 12.0. The molecule has 136 valence electrons. The van der Waals surface area contributed by atoms with Crippen LogP contribution in [0.25, 0.3) is 0 Å². The molecule has 5 nitrogen and oxygen atoms in total. The van der Waals surface area contributed by atoms with E-state index in [2.05, 4.69) is 0 Å². The van der Waals surface area contributed by atoms with E-state index < -0.39 is 21.7 Å². The molecule has 2 aromatic carbocycles. The lowest BCUT2D eigenvalue weighted by molar-refractivity contribution is -0.120. The molecule has 3 rings (SSSR count). The molecule has 1 aliphatic heterocycles. The Morgan fingerprint density at radius 3 is 2.38 bits per heavy atom. The molecule has 1 atom stereocenters. The first-order valence-corrected chi connectivity index (χ1v) is 9.74. The van der Waals surface area contributed by atoms with E-state index in [1.165, 1.54) is 35.2 Å². The molecule has 0 aromatic heterocycles. The standard InChI is InChI=1S/C19H18FNO4S/c1-14-2-6-16(7-3-14)21(17-10-11-26(23,24)13-17)19(22)12-25-18-8-4-15(20)5-9-18/h2-11,17H,12-13H2,1H3/t17-/m1/s1. The SMILES string of the molecule is Cc1ccc(N(C(=O)COc2ccc(F)cc2)[C@@H]2C=CS(=O)(=O)C2)cc1. The van der Waals surface area contributed by atoms with E-state index in [0.29, 0.717) is 11.4 Å². The lowest BCUT2D eigenvalue weighted by atomic mass is 10.1. The van der Waals surface area contributed by atoms with Crippen molar-refractivity contribution in [3.63, 3.8) is 0 Å². The van der Waals surface area contributed by atoms with Gasteiger partial charge >= 0.3 is 0 Å². The molecule has 0 spiro atoms. The monoisotopic (exact) mass is 375 g/mol. The molecule has 1 aliphatic rings. The van der Waals surface area contributed by atoms with E-state index in [0.717, 1.165) is 11.0 Å². The van der Waals surface area contributed by atoms with Crippen LogP contribution in [0.3, 0.4) is 0 Å². The van der Waals surface area contributed by atoms with Gasteiger partial charge in [-0.1, -0.05) is 17.7 Å². The van der Waals surface area contributed by atoms with Crippen molar-refractivity contribution < 1.29 is 22.3 Å². The average Bonchev–Trinajstić information content (AvgIpc) is 2.96. The zero-order valence-electron chi connectivity index (χ0n) is 14.1. The summed E-state index contributed by atoms with van der Waals surface area (Å²) in [5.41, 5.74) is 1.62. The van der Waals surface area contributed by atoms with Gasteiger partial charge in [-0.2, -0.15) is 0 Å². The highest BCUT2D eigenvalue weighted by Crippen LogP contribution is 2.24. The van der Waals surface area contributed by atoms with E-state index in [-0.39, 0.29) is 18.3 Å². The zero-order valence-corrected chi connectivity index (χ0v) is 14.9. The molecule has 0 aliphatic carbocycles. The predicted octanol–water partition coefficient (Wildman–Crippen LogP) is 2.86. The fourth-order valence-corrected chi connectivity index (χ4v) is 3.96. The number of hydrogen-bond donors (Lipinski definition) is 0. The maximum atomic E-state index is 12.9. The topological polar surface area (TPSA) is 63.7 Å². The summed E-state index contributed by atoms with van der Waals surface area (Å²) in [5, 5.41) is 1.13. The van der Waals surface area contributed by atoms with Gasteiger partial charge in [0.15, 0.2) is 16.4 Å². The molecule has 7 heteroatoms. The molecule has 0 unspecified atom stereocenters. The molecule has 0 fully saturated rings. The molecule has 0 N–H and O–H groups in total. The van der Waals surface area contributed by atoms with Gasteiger partial charge in [0.05, 0.1) is 11.8 Å². The van der Waals surface area contributed by atoms with E-state index in [1.807, 2.05) is 19.1 Å². The predicted molar refractivity (Wildman–Crippen MR) is 97.3 cm³/mol. The summed E-state index contributed by atoms with van der Waals surface area (Å²) >= 11 is 0. The Kier molecular flexibility index (Phi) is 5.08. The second-order valence-electron chi connectivity index (χ2n) is 6.07. The number of carbonyl (C=O) groups excluding carboxylic acids is 1. The van der Waals surface area contributed by atoms with Crippen LogP contribution in [0.4, 0.5) is 10.1 Å². The van der Waals surface area contributed by atoms with Gasteiger partial charge in [-0.05, 0) is 49.4 Å². The smallest absolute Gasteiger partial charge is 0.265 e. The van der Waals surface area contributed by atoms with E-state index in [9.17, 15) is 17.6 Å². The van der Waals surface area contributed by atoms with Crippen LogP contribution in [0.2, 0.25) is 0 Å². The van der Waals surface area contributed by atoms with Gasteiger partial charge in [-0.3, -0.25) is 4.79 Å². The Bertz CT molecular complexity index is 921. The first-order valence-electron chi connectivity index (χ1n) is 8.02. The van der Waals surface area contributed by atoms with Crippen molar-refractivity contribution in [1.29, 1.82) is 0 Å². The van der Waals surface area contributed by atoms with Crippen LogP contribution in [0, 0.1) is 12.7 Å². The highest BCUT2D eigenvalue weighted by atomic mass is 32.2. The zero-order chi connectivity index (χ0) is 18.7. The first kappa shape index (κ1) is 18.1. The molecule has 1 heterocycles. The lowest BCUT2D eigenvalue weighted by Gasteiger charge is -2.27. The maximum absolute atomic E-state index is 12.9. The Labute approximate surface area is 151 Å². The fourth-order valence-electron chi connectivity index (χ4n) is 2.69. The number of halogens is 1. The lowest BCUT2D eigenvalue weighted by Crippen LogP contribution is -2.43. The summed E-state index contributed by atoms with van der Waals surface area (Å²) in [5.74, 6) is -0.585. The summed E-state index contributed by atoms with van der Waals surface area (Å²) in [6.45, 7) is 1.64. The molecule has 1 amide bonds. The number of benzene rings is 2. The minimum Gasteiger partial charge on any atom is -0.484 e. The molecule has 0 saturated heterocycles. The van der Waals surface area contributed by atoms with E-state index in [4.69, 9.17) is 4.74 Å². The number of sulfone groups is 1. The van der Waals surface area contributed by atoms with Gasteiger partial charge in [-0.15, -0.1) is 0 Å². The number of amides is 1. The number of rotatable bonds is 5. The van der Waals surface area contributed by atoms with Gasteiger partial charge < -0.3 is 9.64 Å². The Hall–Kier alpha value is -2.67. The quantitative estimate of drug-likeness (QED) is 0.806. The molecular weight excluding hydrogens is 357 g/mol. The normalized spacial score (nSPS) is 17.8. The van der Waals surface area contributed by atoms with Crippen molar-refractivity contribution in [1.82, 2.24) is 0 Å². The van der Waals surface area contributed by atoms with Crippen molar-refractivity contribution in [2.24, 2.45) is 0 Å². The van der Waals surface area contributed by atoms with Crippen LogP contribution >= 0.6 is 0 Å². The highest BCUT2D eigenvalue weighted by molar-refractivity contribution is 7.94. The molecule has 0 bridgehead atoms. The van der Waals surface area contributed by atoms with Gasteiger partial charge in [0.25, 0.3) is 5.91 Å². The second kappa shape index (κ2) is 7.29. The maximum Gasteiger partial charge on any atom is 0.265 e. The number of anilines is 1. The largest absolute Gasteiger partial charge is 0.484 e. The number of hydrogen-bond acceptors (Lipinski definition) is 4. The van der Waals surface area contributed by atoms with Crippen molar-refractivity contribution >= 4 is 21.4 Å². The Morgan fingerprint density at radius 2 is 1.81 bits per heavy atom. The third-order valence-electron chi connectivity index (χ3n) is 4.00. The van der Waals surface area contributed by atoms with Gasteiger partial charge in [0, 0.05) is 11.1 Å². The molecule has 2 aromatic rings. The summed E-state index contributed by atoms with van der Waals surface area (Å²) in [4.78, 5) is 14.2. The van der Waals surface area contributed by atoms with Crippen LogP contribution in [0.5, 0.6) is 5.75 Å². The van der Waals surface area contributed by atoms with Crippen LogP contribution in [-0.2, 0) is 14.6 Å². The van der Waals surface area contributed by atoms with Gasteiger partial charge in [-0.25, -0.2) is 12.8 Å². The van der Waals surface area contributed by atoms with Gasteiger partial charge in [0.1, 0.15) is 11.6 Å². The van der Waals surface area contributed by atoms with Crippen molar-refractivity contribution in [3.8, 4) is 5.75 Å². The number of aryl methyl sites for hydroxylation is 1. The fraction of sp³-hybridized carbons (Fsp3) is 0.211. The molecule has 0 saturated carbocycles. The summed E-state index contributed by atoms with van der Waals surface area (Å²) in [7, 11) is -3.32. The molecule has 26 heavy (non-hydrogen) atoms.